The van der Waals surface area contributed by atoms with E-state index in [0.29, 0.717) is 11.8 Å². The van der Waals surface area contributed by atoms with Crippen LogP contribution in [0.2, 0.25) is 0 Å². The molecule has 0 aliphatic heterocycles. The zero-order valence-corrected chi connectivity index (χ0v) is 12.3. The van der Waals surface area contributed by atoms with Gasteiger partial charge in [0.15, 0.2) is 5.69 Å². The summed E-state index contributed by atoms with van der Waals surface area (Å²) in [6.07, 6.45) is -4.75. The van der Waals surface area contributed by atoms with Gasteiger partial charge in [-0.3, -0.25) is 4.79 Å². The Bertz CT molecular complexity index is 683. The van der Waals surface area contributed by atoms with Gasteiger partial charge in [0.1, 0.15) is 0 Å². The quantitative estimate of drug-likeness (QED) is 0.633. The molecule has 0 radical (unpaired) electrons. The van der Waals surface area contributed by atoms with Crippen molar-refractivity contribution in [2.45, 2.75) is 19.5 Å². The Balaban J connectivity index is 2.46. The fourth-order valence-corrected chi connectivity index (χ4v) is 1.92. The third kappa shape index (κ3) is 3.79. The number of nitrogens with zero attached hydrogens (tertiary/aromatic N) is 2. The van der Waals surface area contributed by atoms with Gasteiger partial charge in [0.05, 0.1) is 12.1 Å². The Morgan fingerprint density at radius 3 is 2.68 bits per heavy atom. The van der Waals surface area contributed by atoms with Crippen LogP contribution >= 0.6 is 11.6 Å². The molecule has 1 aromatic carbocycles. The molecule has 2 aromatic rings. The number of hydrogen-bond acceptors (Lipinski definition) is 3. The van der Waals surface area contributed by atoms with Crippen molar-refractivity contribution in [3.63, 3.8) is 0 Å². The summed E-state index contributed by atoms with van der Waals surface area (Å²) in [7, 11) is 0. The number of hydrogen-bond donors (Lipinski definition) is 0. The Morgan fingerprint density at radius 2 is 2.09 bits per heavy atom. The van der Waals surface area contributed by atoms with Gasteiger partial charge in [-0.25, -0.2) is 4.68 Å². The van der Waals surface area contributed by atoms with Crippen molar-refractivity contribution < 1.29 is 22.7 Å². The second-order valence-corrected chi connectivity index (χ2v) is 4.91. The van der Waals surface area contributed by atoms with Crippen LogP contribution in [0.1, 0.15) is 17.7 Å². The first-order valence-corrected chi connectivity index (χ1v) is 6.85. The SMILES string of the molecule is Cc1cccc(-n2nc(C(F)(F)F)cc2OC(=O)CCCl)c1. The predicted octanol–water partition coefficient (Wildman–Crippen LogP) is 3.73. The van der Waals surface area contributed by atoms with Crippen LogP contribution in [0.15, 0.2) is 30.3 Å². The molecule has 0 unspecified atom stereocenters. The number of halogens is 4. The number of aryl methyl sites for hydroxylation is 1. The second kappa shape index (κ2) is 6.39. The van der Waals surface area contributed by atoms with Gasteiger partial charge in [-0.05, 0) is 24.6 Å². The average molecular weight is 333 g/mol. The minimum atomic E-state index is -4.64. The monoisotopic (exact) mass is 332 g/mol. The highest BCUT2D eigenvalue weighted by atomic mass is 35.5. The zero-order chi connectivity index (χ0) is 16.3. The van der Waals surface area contributed by atoms with Crippen molar-refractivity contribution in [1.29, 1.82) is 0 Å². The molecular formula is C14H12ClF3N2O2. The molecule has 0 bridgehead atoms. The summed E-state index contributed by atoms with van der Waals surface area (Å²) >= 11 is 5.41. The van der Waals surface area contributed by atoms with Crippen molar-refractivity contribution in [1.82, 2.24) is 9.78 Å². The average Bonchev–Trinajstić information content (AvgIpc) is 2.82. The number of carbonyl (C=O) groups excluding carboxylic acids is 1. The van der Waals surface area contributed by atoms with Crippen molar-refractivity contribution in [2.24, 2.45) is 0 Å². The predicted molar refractivity (Wildman–Crippen MR) is 74.3 cm³/mol. The van der Waals surface area contributed by atoms with E-state index in [1.54, 1.807) is 31.2 Å². The van der Waals surface area contributed by atoms with Crippen LogP contribution in [-0.2, 0) is 11.0 Å². The number of benzene rings is 1. The highest BCUT2D eigenvalue weighted by molar-refractivity contribution is 6.18. The van der Waals surface area contributed by atoms with Gasteiger partial charge in [0.25, 0.3) is 0 Å². The summed E-state index contributed by atoms with van der Waals surface area (Å²) in [5.74, 6) is -1.01. The molecule has 1 aromatic heterocycles. The lowest BCUT2D eigenvalue weighted by Crippen LogP contribution is -2.11. The van der Waals surface area contributed by atoms with Crippen LogP contribution in [0.5, 0.6) is 5.88 Å². The van der Waals surface area contributed by atoms with E-state index in [-0.39, 0.29) is 18.2 Å². The van der Waals surface area contributed by atoms with Crippen LogP contribution in [0.3, 0.4) is 0 Å². The minimum Gasteiger partial charge on any atom is -0.407 e. The summed E-state index contributed by atoms with van der Waals surface area (Å²) in [5, 5.41) is 3.49. The zero-order valence-electron chi connectivity index (χ0n) is 11.5. The van der Waals surface area contributed by atoms with Crippen molar-refractivity contribution in [3.8, 4) is 11.6 Å². The topological polar surface area (TPSA) is 44.1 Å². The van der Waals surface area contributed by atoms with Gasteiger partial charge in [-0.15, -0.1) is 11.6 Å². The first-order valence-electron chi connectivity index (χ1n) is 6.32. The molecule has 0 spiro atoms. The minimum absolute atomic E-state index is 0.0174. The Labute approximate surface area is 129 Å². The molecular weight excluding hydrogens is 321 g/mol. The molecule has 0 amide bonds. The lowest BCUT2D eigenvalue weighted by molar-refractivity contribution is -0.141. The maximum Gasteiger partial charge on any atom is 0.435 e. The standard InChI is InChI=1S/C14H12ClF3N2O2/c1-9-3-2-4-10(7-9)20-12(22-13(21)5-6-15)8-11(19-20)14(16,17)18/h2-4,7-8H,5-6H2,1H3. The molecule has 0 saturated heterocycles. The molecule has 0 aliphatic carbocycles. The molecule has 8 heteroatoms. The first-order chi connectivity index (χ1) is 10.3. The largest absolute Gasteiger partial charge is 0.435 e. The second-order valence-electron chi connectivity index (χ2n) is 4.53. The maximum atomic E-state index is 12.8. The molecule has 0 saturated carbocycles. The lowest BCUT2D eigenvalue weighted by Gasteiger charge is -2.08. The molecule has 2 rings (SSSR count). The molecule has 0 N–H and O–H groups in total. The van der Waals surface area contributed by atoms with Gasteiger partial charge in [-0.1, -0.05) is 12.1 Å². The van der Waals surface area contributed by atoms with E-state index in [9.17, 15) is 18.0 Å². The summed E-state index contributed by atoms with van der Waals surface area (Å²) < 4.78 is 44.4. The summed E-state index contributed by atoms with van der Waals surface area (Å²) in [6, 6.07) is 7.35. The normalized spacial score (nSPS) is 11.5. The molecule has 0 aliphatic rings. The first kappa shape index (κ1) is 16.4. The number of carbonyl (C=O) groups is 1. The van der Waals surface area contributed by atoms with E-state index in [1.807, 2.05) is 0 Å². The van der Waals surface area contributed by atoms with E-state index in [2.05, 4.69) is 5.10 Å². The lowest BCUT2D eigenvalue weighted by atomic mass is 10.2. The Kier molecular flexibility index (Phi) is 4.75. The number of aromatic nitrogens is 2. The van der Waals surface area contributed by atoms with E-state index < -0.39 is 17.8 Å². The number of alkyl halides is 4. The van der Waals surface area contributed by atoms with E-state index >= 15 is 0 Å². The Morgan fingerprint density at radius 1 is 1.36 bits per heavy atom. The van der Waals surface area contributed by atoms with Crippen molar-refractivity contribution in [2.75, 3.05) is 5.88 Å². The molecule has 118 valence electrons. The number of ether oxygens (including phenoxy) is 1. The van der Waals surface area contributed by atoms with Gasteiger partial charge in [0.2, 0.25) is 5.88 Å². The molecule has 22 heavy (non-hydrogen) atoms. The van der Waals surface area contributed by atoms with E-state index in [4.69, 9.17) is 16.3 Å². The highest BCUT2D eigenvalue weighted by Gasteiger charge is 2.36. The molecule has 0 fully saturated rings. The van der Waals surface area contributed by atoms with Crippen LogP contribution in [0, 0.1) is 6.92 Å². The molecule has 0 atom stereocenters. The molecule has 4 nitrogen and oxygen atoms in total. The van der Waals surface area contributed by atoms with Gasteiger partial charge >= 0.3 is 12.1 Å². The third-order valence-corrected chi connectivity index (χ3v) is 2.92. The third-order valence-electron chi connectivity index (χ3n) is 2.73. The van der Waals surface area contributed by atoms with E-state index in [1.165, 1.54) is 0 Å². The van der Waals surface area contributed by atoms with Crippen LogP contribution in [0.4, 0.5) is 13.2 Å². The van der Waals surface area contributed by atoms with Gasteiger partial charge in [0, 0.05) is 11.9 Å². The van der Waals surface area contributed by atoms with E-state index in [0.717, 1.165) is 10.2 Å². The van der Waals surface area contributed by atoms with Crippen molar-refractivity contribution in [3.05, 3.63) is 41.6 Å². The van der Waals surface area contributed by atoms with Crippen LogP contribution < -0.4 is 4.74 Å². The fraction of sp³-hybridized carbons (Fsp3) is 0.286. The smallest absolute Gasteiger partial charge is 0.407 e. The number of esters is 1. The fourth-order valence-electron chi connectivity index (χ4n) is 1.76. The molecule has 1 heterocycles. The summed E-state index contributed by atoms with van der Waals surface area (Å²) in [4.78, 5) is 11.5. The van der Waals surface area contributed by atoms with Crippen LogP contribution in [0.25, 0.3) is 5.69 Å². The van der Waals surface area contributed by atoms with Crippen LogP contribution in [-0.4, -0.2) is 21.6 Å². The summed E-state index contributed by atoms with van der Waals surface area (Å²) in [6.45, 7) is 1.79. The van der Waals surface area contributed by atoms with Crippen molar-refractivity contribution >= 4 is 17.6 Å². The van der Waals surface area contributed by atoms with Gasteiger partial charge in [-0.2, -0.15) is 18.3 Å². The number of rotatable bonds is 4. The highest BCUT2D eigenvalue weighted by Crippen LogP contribution is 2.32. The van der Waals surface area contributed by atoms with Gasteiger partial charge < -0.3 is 4.74 Å². The summed E-state index contributed by atoms with van der Waals surface area (Å²) in [5.41, 5.74) is 0.0615. The Hall–Kier alpha value is -2.02. The maximum absolute atomic E-state index is 12.8.